The summed E-state index contributed by atoms with van der Waals surface area (Å²) in [6.07, 6.45) is -5.47. The van der Waals surface area contributed by atoms with Crippen molar-refractivity contribution >= 4 is 11.8 Å². The van der Waals surface area contributed by atoms with E-state index in [0.29, 0.717) is 0 Å². The molecule has 1 aliphatic rings. The average molecular weight is 609 g/mol. The van der Waals surface area contributed by atoms with Gasteiger partial charge in [-0.15, -0.1) is 11.8 Å². The number of fused-ring (bicyclic) bond motifs is 1. The van der Waals surface area contributed by atoms with E-state index in [1.165, 1.54) is 36.8 Å². The zero-order valence-corrected chi connectivity index (χ0v) is 23.0. The standard InChI is InChI=1S/C30H23F7N2O2S/c1-14-17(12-18-20(30(35,36)37)6-4-7-21(18)32)29-39(28(40)25(14)16-5-3-8-24(41-2)26(16)34)23(13-42-29)27(38)19-11-15(31)9-10-22(19)33/h3-11,23,27H,12-13,38H2,1-2H3. The van der Waals surface area contributed by atoms with Crippen LogP contribution in [0.5, 0.6) is 5.75 Å². The van der Waals surface area contributed by atoms with E-state index in [-0.39, 0.29) is 44.3 Å². The number of methoxy groups -OCH3 is 1. The quantitative estimate of drug-likeness (QED) is 0.233. The Balaban J connectivity index is 1.80. The number of nitrogens with zero attached hydrogens (tertiary/aromatic N) is 1. The SMILES string of the molecule is COc1cccc(-c2c(C)c(Cc3c(F)cccc3C(F)(F)F)c3n(c2=O)C(C(N)c2cc(F)ccc2F)CS3)c1F. The van der Waals surface area contributed by atoms with Crippen LogP contribution < -0.4 is 16.0 Å². The van der Waals surface area contributed by atoms with Gasteiger partial charge >= 0.3 is 6.18 Å². The molecule has 0 radical (unpaired) electrons. The lowest BCUT2D eigenvalue weighted by Crippen LogP contribution is -2.34. The Hall–Kier alpha value is -3.77. The topological polar surface area (TPSA) is 57.2 Å². The minimum absolute atomic E-state index is 0.0618. The lowest BCUT2D eigenvalue weighted by Gasteiger charge is -2.25. The molecule has 3 aromatic carbocycles. The molecule has 0 fully saturated rings. The predicted molar refractivity (Wildman–Crippen MR) is 145 cm³/mol. The van der Waals surface area contributed by atoms with Crippen LogP contribution >= 0.6 is 11.8 Å². The van der Waals surface area contributed by atoms with E-state index < -0.39 is 64.6 Å². The summed E-state index contributed by atoms with van der Waals surface area (Å²) >= 11 is 1.06. The largest absolute Gasteiger partial charge is 0.494 e. The molecule has 0 saturated heterocycles. The fourth-order valence-corrected chi connectivity index (χ4v) is 6.78. The van der Waals surface area contributed by atoms with E-state index in [9.17, 15) is 31.1 Å². The Morgan fingerprint density at radius 1 is 1.02 bits per heavy atom. The lowest BCUT2D eigenvalue weighted by molar-refractivity contribution is -0.138. The third kappa shape index (κ3) is 5.06. The maximum atomic E-state index is 15.5. The van der Waals surface area contributed by atoms with Gasteiger partial charge in [-0.25, -0.2) is 17.6 Å². The molecule has 0 amide bonds. The molecule has 2 unspecified atom stereocenters. The van der Waals surface area contributed by atoms with Gasteiger partial charge in [-0.3, -0.25) is 9.36 Å². The summed E-state index contributed by atoms with van der Waals surface area (Å²) in [7, 11) is 1.23. The Morgan fingerprint density at radius 2 is 1.74 bits per heavy atom. The highest BCUT2D eigenvalue weighted by Crippen LogP contribution is 2.45. The fraction of sp³-hybridized carbons (Fsp3) is 0.233. The molecule has 5 rings (SSSR count). The van der Waals surface area contributed by atoms with Crippen LogP contribution in [0.15, 0.2) is 64.4 Å². The highest BCUT2D eigenvalue weighted by Gasteiger charge is 2.38. The summed E-state index contributed by atoms with van der Waals surface area (Å²) in [5, 5.41) is 0.179. The van der Waals surface area contributed by atoms with E-state index >= 15 is 4.39 Å². The fourth-order valence-electron chi connectivity index (χ4n) is 5.34. The summed E-state index contributed by atoms with van der Waals surface area (Å²) in [5.41, 5.74) is 3.45. The van der Waals surface area contributed by atoms with Gasteiger partial charge in [-0.2, -0.15) is 13.2 Å². The number of pyridine rings is 1. The van der Waals surface area contributed by atoms with Crippen molar-refractivity contribution in [2.24, 2.45) is 5.73 Å². The van der Waals surface area contributed by atoms with Crippen molar-refractivity contribution in [3.63, 3.8) is 0 Å². The number of hydrogen-bond donors (Lipinski definition) is 1. The third-order valence-electron chi connectivity index (χ3n) is 7.42. The van der Waals surface area contributed by atoms with Gasteiger partial charge in [0, 0.05) is 28.9 Å². The number of thioether (sulfide) groups is 1. The second-order valence-electron chi connectivity index (χ2n) is 9.79. The molecule has 12 heteroatoms. The van der Waals surface area contributed by atoms with Gasteiger partial charge in [0.2, 0.25) is 0 Å². The van der Waals surface area contributed by atoms with E-state index in [1.54, 1.807) is 0 Å². The Labute approximate surface area is 239 Å². The molecule has 1 aliphatic heterocycles. The second kappa shape index (κ2) is 11.1. The molecule has 0 bridgehead atoms. The first-order chi connectivity index (χ1) is 19.8. The van der Waals surface area contributed by atoms with Crippen LogP contribution in [0.1, 0.15) is 39.9 Å². The number of halogens is 7. The number of alkyl halides is 3. The summed E-state index contributed by atoms with van der Waals surface area (Å²) in [5.74, 6) is -3.70. The second-order valence-corrected chi connectivity index (χ2v) is 10.8. The van der Waals surface area contributed by atoms with Crippen LogP contribution in [0.4, 0.5) is 30.7 Å². The van der Waals surface area contributed by atoms with Crippen LogP contribution in [-0.2, 0) is 12.6 Å². The van der Waals surface area contributed by atoms with Crippen molar-refractivity contribution in [1.82, 2.24) is 4.57 Å². The van der Waals surface area contributed by atoms with Crippen LogP contribution in [0.25, 0.3) is 11.1 Å². The van der Waals surface area contributed by atoms with Gasteiger partial charge in [0.15, 0.2) is 11.6 Å². The van der Waals surface area contributed by atoms with Gasteiger partial charge < -0.3 is 10.5 Å². The van der Waals surface area contributed by atoms with Crippen molar-refractivity contribution in [2.45, 2.75) is 36.6 Å². The Kier molecular flexibility index (Phi) is 7.88. The van der Waals surface area contributed by atoms with E-state index in [0.717, 1.165) is 48.2 Å². The van der Waals surface area contributed by atoms with Gasteiger partial charge in [0.25, 0.3) is 5.56 Å². The molecule has 2 heterocycles. The number of nitrogens with two attached hydrogens (primary N) is 1. The van der Waals surface area contributed by atoms with Crippen molar-refractivity contribution in [2.75, 3.05) is 12.9 Å². The molecule has 220 valence electrons. The predicted octanol–water partition coefficient (Wildman–Crippen LogP) is 7.35. The number of hydrogen-bond acceptors (Lipinski definition) is 4. The molecule has 42 heavy (non-hydrogen) atoms. The third-order valence-corrected chi connectivity index (χ3v) is 8.65. The first-order valence-electron chi connectivity index (χ1n) is 12.6. The molecule has 0 spiro atoms. The smallest absolute Gasteiger partial charge is 0.416 e. The summed E-state index contributed by atoms with van der Waals surface area (Å²) in [6.45, 7) is 1.44. The zero-order valence-electron chi connectivity index (χ0n) is 22.2. The minimum Gasteiger partial charge on any atom is -0.494 e. The van der Waals surface area contributed by atoms with Gasteiger partial charge in [0.1, 0.15) is 17.5 Å². The van der Waals surface area contributed by atoms with Crippen LogP contribution in [-0.4, -0.2) is 17.4 Å². The Bertz CT molecular complexity index is 1750. The van der Waals surface area contributed by atoms with Crippen LogP contribution in [0.3, 0.4) is 0 Å². The summed E-state index contributed by atoms with van der Waals surface area (Å²) in [6, 6.07) is 7.13. The molecule has 4 nitrogen and oxygen atoms in total. The first-order valence-corrected chi connectivity index (χ1v) is 13.6. The maximum Gasteiger partial charge on any atom is 0.416 e. The molecule has 0 aliphatic carbocycles. The van der Waals surface area contributed by atoms with E-state index in [1.807, 2.05) is 0 Å². The zero-order chi connectivity index (χ0) is 30.5. The lowest BCUT2D eigenvalue weighted by atomic mass is 9.91. The molecule has 1 aromatic heterocycles. The van der Waals surface area contributed by atoms with Crippen molar-refractivity contribution in [1.29, 1.82) is 0 Å². The van der Waals surface area contributed by atoms with Gasteiger partial charge in [0.05, 0.1) is 35.3 Å². The minimum atomic E-state index is -4.88. The average Bonchev–Trinajstić information content (AvgIpc) is 3.38. The van der Waals surface area contributed by atoms with Crippen molar-refractivity contribution in [3.8, 4) is 16.9 Å². The molecule has 2 N–H and O–H groups in total. The van der Waals surface area contributed by atoms with Crippen molar-refractivity contribution in [3.05, 3.63) is 116 Å². The van der Waals surface area contributed by atoms with E-state index in [4.69, 9.17) is 10.5 Å². The van der Waals surface area contributed by atoms with Crippen LogP contribution in [0, 0.1) is 30.2 Å². The van der Waals surface area contributed by atoms with Crippen LogP contribution in [0.2, 0.25) is 0 Å². The highest BCUT2D eigenvalue weighted by atomic mass is 32.2. The number of rotatable bonds is 6. The Morgan fingerprint density at radius 3 is 2.43 bits per heavy atom. The van der Waals surface area contributed by atoms with Gasteiger partial charge in [-0.1, -0.05) is 18.2 Å². The molecule has 4 aromatic rings. The number of aromatic nitrogens is 1. The number of benzene rings is 3. The number of ether oxygens (including phenoxy) is 1. The normalized spacial score (nSPS) is 15.5. The maximum absolute atomic E-state index is 15.5. The molecular weight excluding hydrogens is 585 g/mol. The molecule has 2 atom stereocenters. The summed E-state index contributed by atoms with van der Waals surface area (Å²) in [4.78, 5) is 14.1. The van der Waals surface area contributed by atoms with Crippen molar-refractivity contribution < 1.29 is 35.5 Å². The monoisotopic (exact) mass is 608 g/mol. The van der Waals surface area contributed by atoms with Gasteiger partial charge in [-0.05, 0) is 54.4 Å². The molecular formula is C30H23F7N2O2S. The van der Waals surface area contributed by atoms with E-state index in [2.05, 4.69) is 0 Å². The molecule has 0 saturated carbocycles. The first kappa shape index (κ1) is 29.7. The highest BCUT2D eigenvalue weighted by molar-refractivity contribution is 7.99. The summed E-state index contributed by atoms with van der Waals surface area (Å²) < 4.78 is 107.